The van der Waals surface area contributed by atoms with Gasteiger partial charge in [0.25, 0.3) is 0 Å². The second-order valence-electron chi connectivity index (χ2n) is 7.67. The van der Waals surface area contributed by atoms with Gasteiger partial charge in [-0.3, -0.25) is 4.90 Å². The van der Waals surface area contributed by atoms with Crippen LogP contribution in [0.5, 0.6) is 5.75 Å². The number of aliphatic hydroxyl groups is 1. The number of hydrogen-bond acceptors (Lipinski definition) is 3. The lowest BCUT2D eigenvalue weighted by atomic mass is 9.61. The number of phenols is 1. The second kappa shape index (κ2) is 7.26. The minimum absolute atomic E-state index is 0.195. The maximum absolute atomic E-state index is 11.2. The first-order valence-electron chi connectivity index (χ1n) is 9.62. The van der Waals surface area contributed by atoms with Crippen LogP contribution in [-0.2, 0) is 5.41 Å². The Labute approximate surface area is 155 Å². The molecule has 4 rings (SSSR count). The summed E-state index contributed by atoms with van der Waals surface area (Å²) in [5.74, 6) is 0.291. The summed E-state index contributed by atoms with van der Waals surface area (Å²) in [6.07, 6.45) is 8.09. The third-order valence-corrected chi connectivity index (χ3v) is 6.24. The van der Waals surface area contributed by atoms with Crippen molar-refractivity contribution < 1.29 is 10.2 Å². The molecule has 0 unspecified atom stereocenters. The molecule has 2 aliphatic rings. The Morgan fingerprint density at radius 1 is 1.08 bits per heavy atom. The molecule has 3 atom stereocenters. The fraction of sp³-hybridized carbons (Fsp3) is 0.391. The predicted molar refractivity (Wildman–Crippen MR) is 105 cm³/mol. The number of hydrogen-bond donors (Lipinski definition) is 2. The topological polar surface area (TPSA) is 43.7 Å². The number of aromatic hydroxyl groups is 1. The van der Waals surface area contributed by atoms with E-state index in [0.717, 1.165) is 44.3 Å². The Balaban J connectivity index is 1.50. The van der Waals surface area contributed by atoms with E-state index in [9.17, 15) is 10.2 Å². The van der Waals surface area contributed by atoms with Gasteiger partial charge in [0.05, 0.1) is 6.10 Å². The van der Waals surface area contributed by atoms with Gasteiger partial charge in [-0.2, -0.15) is 0 Å². The molecule has 136 valence electrons. The number of fused-ring (bicyclic) bond motifs is 2. The van der Waals surface area contributed by atoms with Gasteiger partial charge in [-0.1, -0.05) is 61.0 Å². The van der Waals surface area contributed by atoms with E-state index in [4.69, 9.17) is 0 Å². The molecule has 0 spiro atoms. The highest BCUT2D eigenvalue weighted by Gasteiger charge is 2.50. The molecule has 2 aromatic carbocycles. The molecule has 0 radical (unpaired) electrons. The minimum atomic E-state index is -0.378. The summed E-state index contributed by atoms with van der Waals surface area (Å²) in [6, 6.07) is 18.0. The van der Waals surface area contributed by atoms with Crippen LogP contribution in [0.1, 0.15) is 36.8 Å². The number of likely N-dealkylation sites (tertiary alicyclic amines) is 1. The molecule has 3 nitrogen and oxygen atoms in total. The molecule has 2 bridgehead atoms. The molecule has 1 heterocycles. The standard InChI is InChI=1S/C23H27NO2/c25-20-11-4-10-19(17-20)23-13-5-12-21(22(23)26)24(16-14-23)15-6-9-18-7-2-1-3-8-18/h1-4,6-11,17,21-22,25-26H,5,12-16H2/b9-6+/t21-,22-,23-/m1/s1. The predicted octanol–water partition coefficient (Wildman–Crippen LogP) is 3.96. The summed E-state index contributed by atoms with van der Waals surface area (Å²) >= 11 is 0. The van der Waals surface area contributed by atoms with E-state index in [2.05, 4.69) is 47.4 Å². The third kappa shape index (κ3) is 3.17. The molecule has 26 heavy (non-hydrogen) atoms. The molecule has 1 aliphatic carbocycles. The largest absolute Gasteiger partial charge is 0.508 e. The van der Waals surface area contributed by atoms with Gasteiger partial charge >= 0.3 is 0 Å². The van der Waals surface area contributed by atoms with E-state index < -0.39 is 0 Å². The molecule has 0 amide bonds. The van der Waals surface area contributed by atoms with E-state index in [0.29, 0.717) is 5.75 Å². The number of benzene rings is 2. The summed E-state index contributed by atoms with van der Waals surface area (Å²) in [5.41, 5.74) is 2.10. The van der Waals surface area contributed by atoms with E-state index in [-0.39, 0.29) is 17.6 Å². The Morgan fingerprint density at radius 3 is 2.73 bits per heavy atom. The third-order valence-electron chi connectivity index (χ3n) is 6.24. The Bertz CT molecular complexity index is 773. The van der Waals surface area contributed by atoms with Crippen molar-refractivity contribution in [2.75, 3.05) is 13.1 Å². The number of rotatable bonds is 4. The van der Waals surface area contributed by atoms with Crippen LogP contribution in [0.2, 0.25) is 0 Å². The van der Waals surface area contributed by atoms with Crippen molar-refractivity contribution >= 4 is 6.08 Å². The van der Waals surface area contributed by atoms with E-state index in [1.807, 2.05) is 18.2 Å². The van der Waals surface area contributed by atoms with E-state index >= 15 is 0 Å². The van der Waals surface area contributed by atoms with Crippen LogP contribution in [0.4, 0.5) is 0 Å². The van der Waals surface area contributed by atoms with Gasteiger partial charge in [0.1, 0.15) is 5.75 Å². The Kier molecular flexibility index (Phi) is 4.84. The van der Waals surface area contributed by atoms with Crippen molar-refractivity contribution in [2.24, 2.45) is 0 Å². The highest BCUT2D eigenvalue weighted by atomic mass is 16.3. The van der Waals surface area contributed by atoms with Crippen LogP contribution >= 0.6 is 0 Å². The SMILES string of the molecule is Oc1cccc([C@]23CCC[C@H]([C@H]2O)N(C/C=C/c2ccccc2)CC3)c1. The molecule has 1 saturated carbocycles. The van der Waals surface area contributed by atoms with Crippen LogP contribution in [0.3, 0.4) is 0 Å². The average Bonchev–Trinajstić information content (AvgIpc) is 2.65. The maximum atomic E-state index is 11.2. The molecular formula is C23H27NO2. The number of aliphatic hydroxyl groups excluding tert-OH is 1. The fourth-order valence-corrected chi connectivity index (χ4v) is 4.85. The van der Waals surface area contributed by atoms with Crippen LogP contribution in [0.25, 0.3) is 6.08 Å². The maximum Gasteiger partial charge on any atom is 0.115 e. The average molecular weight is 349 g/mol. The van der Waals surface area contributed by atoms with Crippen LogP contribution < -0.4 is 0 Å². The van der Waals surface area contributed by atoms with E-state index in [1.165, 1.54) is 5.56 Å². The lowest BCUT2D eigenvalue weighted by Gasteiger charge is -2.54. The Hall–Kier alpha value is -2.10. The molecule has 3 heteroatoms. The lowest BCUT2D eigenvalue weighted by molar-refractivity contribution is -0.0726. The summed E-state index contributed by atoms with van der Waals surface area (Å²) in [5, 5.41) is 21.1. The number of phenolic OH excluding ortho intramolecular Hbond substituents is 1. The smallest absolute Gasteiger partial charge is 0.115 e. The van der Waals surface area contributed by atoms with Crippen molar-refractivity contribution in [3.8, 4) is 5.75 Å². The Morgan fingerprint density at radius 2 is 1.92 bits per heavy atom. The normalized spacial score (nSPS) is 29.1. The van der Waals surface area contributed by atoms with Crippen LogP contribution in [0.15, 0.2) is 60.7 Å². The van der Waals surface area contributed by atoms with Crippen molar-refractivity contribution in [1.29, 1.82) is 0 Å². The lowest BCUT2D eigenvalue weighted by Crippen LogP contribution is -2.61. The molecule has 2 N–H and O–H groups in total. The van der Waals surface area contributed by atoms with Gasteiger partial charge in [0, 0.05) is 18.0 Å². The molecule has 0 aromatic heterocycles. The quantitative estimate of drug-likeness (QED) is 0.878. The zero-order chi connectivity index (χ0) is 18.0. The molecule has 2 fully saturated rings. The summed E-state index contributed by atoms with van der Waals surface area (Å²) in [4.78, 5) is 2.42. The van der Waals surface area contributed by atoms with Crippen molar-refractivity contribution in [3.05, 3.63) is 71.8 Å². The van der Waals surface area contributed by atoms with Crippen molar-refractivity contribution in [1.82, 2.24) is 4.90 Å². The fourth-order valence-electron chi connectivity index (χ4n) is 4.85. The minimum Gasteiger partial charge on any atom is -0.508 e. The van der Waals surface area contributed by atoms with Gasteiger partial charge in [-0.05, 0) is 49.1 Å². The first kappa shape index (κ1) is 17.3. The number of nitrogens with zero attached hydrogens (tertiary/aromatic N) is 1. The first-order chi connectivity index (χ1) is 12.7. The van der Waals surface area contributed by atoms with E-state index in [1.54, 1.807) is 6.07 Å². The molecule has 1 aliphatic heterocycles. The van der Waals surface area contributed by atoms with Crippen molar-refractivity contribution in [3.63, 3.8) is 0 Å². The zero-order valence-electron chi connectivity index (χ0n) is 15.1. The second-order valence-corrected chi connectivity index (χ2v) is 7.67. The summed E-state index contributed by atoms with van der Waals surface area (Å²) < 4.78 is 0. The van der Waals surface area contributed by atoms with Gasteiger partial charge in [-0.15, -0.1) is 0 Å². The van der Waals surface area contributed by atoms with Gasteiger partial charge in [0.15, 0.2) is 0 Å². The van der Waals surface area contributed by atoms with Crippen LogP contribution in [-0.4, -0.2) is 40.3 Å². The number of piperidine rings is 1. The summed E-state index contributed by atoms with van der Waals surface area (Å²) in [6.45, 7) is 1.85. The van der Waals surface area contributed by atoms with Crippen molar-refractivity contribution in [2.45, 2.75) is 43.2 Å². The molecule has 1 saturated heterocycles. The van der Waals surface area contributed by atoms with Gasteiger partial charge < -0.3 is 10.2 Å². The monoisotopic (exact) mass is 349 g/mol. The van der Waals surface area contributed by atoms with Crippen LogP contribution in [0, 0.1) is 0 Å². The van der Waals surface area contributed by atoms with Gasteiger partial charge in [-0.25, -0.2) is 0 Å². The molecule has 2 aromatic rings. The highest BCUT2D eigenvalue weighted by molar-refractivity contribution is 5.48. The van der Waals surface area contributed by atoms with Gasteiger partial charge in [0.2, 0.25) is 0 Å². The zero-order valence-corrected chi connectivity index (χ0v) is 15.1. The molecular weight excluding hydrogens is 322 g/mol. The first-order valence-corrected chi connectivity index (χ1v) is 9.62. The summed E-state index contributed by atoms with van der Waals surface area (Å²) in [7, 11) is 0. The highest BCUT2D eigenvalue weighted by Crippen LogP contribution is 2.47.